The van der Waals surface area contributed by atoms with Gasteiger partial charge in [-0.1, -0.05) is 11.6 Å². The molecule has 0 amide bonds. The smallest absolute Gasteiger partial charge is 0.311 e. The molecule has 1 N–H and O–H groups in total. The molecular weight excluding hydrogens is 496 g/mol. The number of carboxylic acid groups (broad SMARTS) is 1. The van der Waals surface area contributed by atoms with Gasteiger partial charge < -0.3 is 19.3 Å². The number of ether oxygens (including phenoxy) is 3. The average Bonchev–Trinajstić information content (AvgIpc) is 3.37. The van der Waals surface area contributed by atoms with Gasteiger partial charge >= 0.3 is 5.97 Å². The van der Waals surface area contributed by atoms with Crippen LogP contribution in [0.1, 0.15) is 34.0 Å². The van der Waals surface area contributed by atoms with E-state index in [1.165, 1.54) is 0 Å². The summed E-state index contributed by atoms with van der Waals surface area (Å²) in [5.74, 6) is 0.366. The minimum atomic E-state index is -0.915. The first-order chi connectivity index (χ1) is 17.9. The second-order valence-corrected chi connectivity index (χ2v) is 8.93. The number of halogens is 1. The molecule has 9 heteroatoms. The Hall–Kier alpha value is -4.30. The molecule has 188 valence electrons. The van der Waals surface area contributed by atoms with Crippen LogP contribution >= 0.6 is 11.6 Å². The molecule has 1 aliphatic heterocycles. The molecule has 37 heavy (non-hydrogen) atoms. The van der Waals surface area contributed by atoms with Crippen LogP contribution in [0.15, 0.2) is 72.9 Å². The van der Waals surface area contributed by atoms with E-state index in [2.05, 4.69) is 5.10 Å². The Kier molecular flexibility index (Phi) is 6.83. The summed E-state index contributed by atoms with van der Waals surface area (Å²) in [6, 6.07) is 19.2. The topological polar surface area (TPSA) is 99.9 Å². The molecule has 0 fully saturated rings. The van der Waals surface area contributed by atoms with E-state index >= 15 is 0 Å². The first-order valence-corrected chi connectivity index (χ1v) is 12.0. The number of carbonyl (C=O) groups is 2. The highest BCUT2D eigenvalue weighted by Gasteiger charge is 2.29. The number of nitrogens with zero attached hydrogens (tertiary/aromatic N) is 2. The van der Waals surface area contributed by atoms with E-state index in [-0.39, 0.29) is 17.2 Å². The fourth-order valence-corrected chi connectivity index (χ4v) is 4.37. The van der Waals surface area contributed by atoms with Crippen molar-refractivity contribution in [2.24, 2.45) is 0 Å². The van der Waals surface area contributed by atoms with Crippen LogP contribution in [0.25, 0.3) is 5.69 Å². The number of rotatable bonds is 8. The van der Waals surface area contributed by atoms with Gasteiger partial charge in [-0.2, -0.15) is 5.10 Å². The lowest BCUT2D eigenvalue weighted by Gasteiger charge is -2.24. The van der Waals surface area contributed by atoms with E-state index in [1.807, 2.05) is 36.5 Å². The van der Waals surface area contributed by atoms with Crippen molar-refractivity contribution < 1.29 is 28.9 Å². The first kappa shape index (κ1) is 24.4. The molecule has 1 aliphatic rings. The molecule has 1 atom stereocenters. The van der Waals surface area contributed by atoms with Gasteiger partial charge in [-0.3, -0.25) is 9.59 Å². The zero-order valence-corrected chi connectivity index (χ0v) is 20.6. The first-order valence-electron chi connectivity index (χ1n) is 11.6. The third-order valence-electron chi connectivity index (χ3n) is 6.13. The van der Waals surface area contributed by atoms with E-state index in [1.54, 1.807) is 48.2 Å². The minimum Gasteiger partial charge on any atom is -0.497 e. The monoisotopic (exact) mass is 518 g/mol. The van der Waals surface area contributed by atoms with E-state index in [9.17, 15) is 14.7 Å². The summed E-state index contributed by atoms with van der Waals surface area (Å²) in [7, 11) is 1.61. The van der Waals surface area contributed by atoms with Crippen molar-refractivity contribution in [1.82, 2.24) is 9.78 Å². The van der Waals surface area contributed by atoms with E-state index in [0.29, 0.717) is 47.1 Å². The molecule has 0 saturated carbocycles. The Bertz CT molecular complexity index is 1450. The average molecular weight is 519 g/mol. The molecule has 5 rings (SSSR count). The van der Waals surface area contributed by atoms with Gasteiger partial charge in [0.2, 0.25) is 0 Å². The van der Waals surface area contributed by atoms with Crippen LogP contribution in [0, 0.1) is 0 Å². The fourth-order valence-electron chi connectivity index (χ4n) is 4.16. The lowest BCUT2D eigenvalue weighted by molar-refractivity contribution is -0.139. The van der Waals surface area contributed by atoms with Crippen molar-refractivity contribution in [3.05, 3.63) is 94.8 Å². The molecule has 0 aliphatic carbocycles. The maximum absolute atomic E-state index is 12.8. The van der Waals surface area contributed by atoms with Crippen LogP contribution in [-0.4, -0.2) is 40.4 Å². The molecule has 3 aromatic carbocycles. The third-order valence-corrected chi connectivity index (χ3v) is 6.42. The third kappa shape index (κ3) is 5.29. The highest BCUT2D eigenvalue weighted by molar-refractivity contribution is 6.32. The molecule has 8 nitrogen and oxygen atoms in total. The number of aliphatic carboxylic acids is 1. The maximum atomic E-state index is 12.8. The van der Waals surface area contributed by atoms with E-state index in [4.69, 9.17) is 25.8 Å². The number of ketones is 1. The van der Waals surface area contributed by atoms with Gasteiger partial charge in [0.25, 0.3) is 0 Å². The Labute approximate surface area is 218 Å². The van der Waals surface area contributed by atoms with Gasteiger partial charge in [0.05, 0.1) is 42.5 Å². The van der Waals surface area contributed by atoms with Gasteiger partial charge in [0.15, 0.2) is 5.78 Å². The lowest BCUT2D eigenvalue weighted by Crippen LogP contribution is -2.20. The molecule has 0 spiro atoms. The number of aromatic nitrogens is 2. The summed E-state index contributed by atoms with van der Waals surface area (Å²) in [5.41, 5.74) is 2.58. The Morgan fingerprint density at radius 3 is 2.51 bits per heavy atom. The van der Waals surface area contributed by atoms with Crippen LogP contribution in [0.5, 0.6) is 23.0 Å². The van der Waals surface area contributed by atoms with Gasteiger partial charge in [-0.25, -0.2) is 4.68 Å². The molecule has 4 aromatic rings. The van der Waals surface area contributed by atoms with Crippen molar-refractivity contribution in [2.75, 3.05) is 13.7 Å². The molecule has 0 saturated heterocycles. The summed E-state index contributed by atoms with van der Waals surface area (Å²) < 4.78 is 18.4. The summed E-state index contributed by atoms with van der Waals surface area (Å²) in [6.07, 6.45) is 2.35. The van der Waals surface area contributed by atoms with Crippen molar-refractivity contribution >= 4 is 23.4 Å². The molecule has 2 heterocycles. The number of Topliss-reactive ketones (excluding diaryl/α,β-unsaturated/α-hetero) is 1. The highest BCUT2D eigenvalue weighted by Crippen LogP contribution is 2.41. The Morgan fingerprint density at radius 2 is 1.81 bits per heavy atom. The van der Waals surface area contributed by atoms with Crippen LogP contribution < -0.4 is 14.2 Å². The SMILES string of the molecule is COc1ccc(-n2ccc(CC(=O)c3ccc(Oc4cc5c(cc4Cl)C(C(=O)O)CCO5)cc3)n2)cc1. The maximum Gasteiger partial charge on any atom is 0.311 e. The highest BCUT2D eigenvalue weighted by atomic mass is 35.5. The van der Waals surface area contributed by atoms with Crippen molar-refractivity contribution in [3.63, 3.8) is 0 Å². The second kappa shape index (κ2) is 10.4. The summed E-state index contributed by atoms with van der Waals surface area (Å²) in [6.45, 7) is 0.306. The number of hydrogen-bond donors (Lipinski definition) is 1. The summed E-state index contributed by atoms with van der Waals surface area (Å²) in [5, 5.41) is 14.2. The van der Waals surface area contributed by atoms with Crippen LogP contribution in [-0.2, 0) is 11.2 Å². The number of carbonyl (C=O) groups excluding carboxylic acids is 1. The van der Waals surface area contributed by atoms with Crippen molar-refractivity contribution in [2.45, 2.75) is 18.8 Å². The van der Waals surface area contributed by atoms with Gasteiger partial charge in [-0.15, -0.1) is 0 Å². The largest absolute Gasteiger partial charge is 0.497 e. The number of methoxy groups -OCH3 is 1. The van der Waals surface area contributed by atoms with Crippen LogP contribution in [0.2, 0.25) is 5.02 Å². The number of hydrogen-bond acceptors (Lipinski definition) is 6. The van der Waals surface area contributed by atoms with Crippen LogP contribution in [0.3, 0.4) is 0 Å². The number of carboxylic acids is 1. The zero-order valence-electron chi connectivity index (χ0n) is 19.9. The normalized spacial score (nSPS) is 14.4. The van der Waals surface area contributed by atoms with E-state index < -0.39 is 11.9 Å². The summed E-state index contributed by atoms with van der Waals surface area (Å²) >= 11 is 6.37. The molecular formula is C28H23ClN2O6. The van der Waals surface area contributed by atoms with Crippen molar-refractivity contribution in [3.8, 4) is 28.7 Å². The van der Waals surface area contributed by atoms with Crippen molar-refractivity contribution in [1.29, 1.82) is 0 Å². The standard InChI is InChI=1S/C28H23ClN2O6/c1-35-20-8-4-19(5-9-20)31-12-10-18(30-31)14-25(32)17-2-6-21(7-3-17)37-27-16-26-23(15-24(27)29)22(28(33)34)11-13-36-26/h2-10,12,15-16,22H,11,13-14H2,1H3,(H,33,34). The molecule has 1 unspecified atom stereocenters. The fraction of sp³-hybridized carbons (Fsp3) is 0.179. The molecule has 0 bridgehead atoms. The van der Waals surface area contributed by atoms with E-state index in [0.717, 1.165) is 11.4 Å². The number of benzene rings is 3. The van der Waals surface area contributed by atoms with Gasteiger partial charge in [0.1, 0.15) is 23.0 Å². The molecule has 1 aromatic heterocycles. The van der Waals surface area contributed by atoms with Gasteiger partial charge in [-0.05, 0) is 67.1 Å². The Morgan fingerprint density at radius 1 is 1.08 bits per heavy atom. The quantitative estimate of drug-likeness (QED) is 0.298. The second-order valence-electron chi connectivity index (χ2n) is 8.52. The van der Waals surface area contributed by atoms with Crippen LogP contribution in [0.4, 0.5) is 0 Å². The van der Waals surface area contributed by atoms with Gasteiger partial charge in [0, 0.05) is 23.4 Å². The zero-order chi connectivity index (χ0) is 25.9. The lowest BCUT2D eigenvalue weighted by atomic mass is 9.93. The number of fused-ring (bicyclic) bond motifs is 1. The molecule has 0 radical (unpaired) electrons. The predicted octanol–water partition coefficient (Wildman–Crippen LogP) is 5.70. The summed E-state index contributed by atoms with van der Waals surface area (Å²) in [4.78, 5) is 24.3. The Balaban J connectivity index is 1.25. The predicted molar refractivity (Wildman–Crippen MR) is 137 cm³/mol. The minimum absolute atomic E-state index is 0.0774.